The smallest absolute Gasteiger partial charge is 0.173 e. The first-order chi connectivity index (χ1) is 12.2. The van der Waals surface area contributed by atoms with Crippen molar-refractivity contribution in [2.24, 2.45) is 0 Å². The number of benzene rings is 1. The van der Waals surface area contributed by atoms with Crippen LogP contribution >= 0.6 is 0 Å². The summed E-state index contributed by atoms with van der Waals surface area (Å²) in [5.41, 5.74) is 2.21. The van der Waals surface area contributed by atoms with Gasteiger partial charge in [-0.25, -0.2) is 9.97 Å². The Morgan fingerprint density at radius 3 is 2.88 bits per heavy atom. The molecule has 0 fully saturated rings. The molecule has 1 aromatic carbocycles. The molecule has 6 nitrogen and oxygen atoms in total. The first-order valence-corrected chi connectivity index (χ1v) is 7.96. The lowest BCUT2D eigenvalue weighted by molar-refractivity contribution is 0.0966. The lowest BCUT2D eigenvalue weighted by Gasteiger charge is -2.10. The second-order valence-electron chi connectivity index (χ2n) is 5.85. The van der Waals surface area contributed by atoms with Crippen LogP contribution in [0.25, 0.3) is 0 Å². The highest BCUT2D eigenvalue weighted by Crippen LogP contribution is 2.31. The van der Waals surface area contributed by atoms with Crippen molar-refractivity contribution in [1.29, 1.82) is 0 Å². The van der Waals surface area contributed by atoms with E-state index >= 15 is 0 Å². The molecular weight excluding hydrogens is 316 g/mol. The lowest BCUT2D eigenvalue weighted by atomic mass is 9.94. The maximum atomic E-state index is 12.8. The molecule has 1 aliphatic rings. The molecule has 1 aliphatic heterocycles. The minimum atomic E-state index is -0.240. The molecule has 25 heavy (non-hydrogen) atoms. The summed E-state index contributed by atoms with van der Waals surface area (Å²) in [6.07, 6.45) is 3.28. The molecule has 0 aliphatic carbocycles. The normalized spacial score (nSPS) is 15.3. The van der Waals surface area contributed by atoms with Crippen molar-refractivity contribution in [3.63, 3.8) is 0 Å². The number of ketones is 1. The van der Waals surface area contributed by atoms with Crippen LogP contribution in [0, 0.1) is 0 Å². The number of phenolic OH excluding ortho intramolecular Hbond substituents is 1. The van der Waals surface area contributed by atoms with Gasteiger partial charge in [0.15, 0.2) is 5.78 Å². The zero-order valence-corrected chi connectivity index (χ0v) is 13.3. The summed E-state index contributed by atoms with van der Waals surface area (Å²) in [7, 11) is 0. The van der Waals surface area contributed by atoms with Crippen LogP contribution in [0.4, 0.5) is 17.3 Å². The average Bonchev–Trinajstić information content (AvgIpc) is 3.06. The van der Waals surface area contributed by atoms with Crippen LogP contribution < -0.4 is 10.6 Å². The third-order valence-corrected chi connectivity index (χ3v) is 4.17. The van der Waals surface area contributed by atoms with Gasteiger partial charge in [-0.1, -0.05) is 12.1 Å². The molecule has 124 valence electrons. The lowest BCUT2D eigenvalue weighted by Crippen LogP contribution is -2.15. The Morgan fingerprint density at radius 1 is 1.16 bits per heavy atom. The molecule has 1 unspecified atom stereocenters. The van der Waals surface area contributed by atoms with E-state index in [0.717, 1.165) is 17.1 Å². The van der Waals surface area contributed by atoms with Gasteiger partial charge < -0.3 is 15.7 Å². The standard InChI is InChI=1S/C19H16N4O2/c24-14-4-1-3-13(9-14)23-17-7-6-12(10-21-17)18(25)16-11-22-19-15(16)5-2-8-20-19/h1-10,16,24H,11H2,(H,20,22)(H,21,23). The highest BCUT2D eigenvalue weighted by Gasteiger charge is 2.29. The predicted octanol–water partition coefficient (Wildman–Crippen LogP) is 3.32. The van der Waals surface area contributed by atoms with E-state index in [1.54, 1.807) is 42.7 Å². The largest absolute Gasteiger partial charge is 0.508 e. The Morgan fingerprint density at radius 2 is 2.08 bits per heavy atom. The van der Waals surface area contributed by atoms with Gasteiger partial charge in [-0.2, -0.15) is 0 Å². The number of pyridine rings is 2. The zero-order chi connectivity index (χ0) is 17.2. The number of rotatable bonds is 4. The van der Waals surface area contributed by atoms with Gasteiger partial charge in [-0.05, 0) is 30.3 Å². The fourth-order valence-corrected chi connectivity index (χ4v) is 2.94. The molecule has 2 aromatic heterocycles. The summed E-state index contributed by atoms with van der Waals surface area (Å²) in [6, 6.07) is 14.1. The van der Waals surface area contributed by atoms with Gasteiger partial charge in [-0.15, -0.1) is 0 Å². The Kier molecular flexibility index (Phi) is 3.78. The number of aromatic hydroxyl groups is 1. The van der Waals surface area contributed by atoms with Gasteiger partial charge >= 0.3 is 0 Å². The summed E-state index contributed by atoms with van der Waals surface area (Å²) < 4.78 is 0. The van der Waals surface area contributed by atoms with E-state index in [2.05, 4.69) is 20.6 Å². The quantitative estimate of drug-likeness (QED) is 0.635. The highest BCUT2D eigenvalue weighted by molar-refractivity contribution is 6.02. The summed E-state index contributed by atoms with van der Waals surface area (Å²) in [5, 5.41) is 15.7. The van der Waals surface area contributed by atoms with Gasteiger partial charge in [0.2, 0.25) is 0 Å². The number of aromatic nitrogens is 2. The number of carbonyl (C=O) groups is 1. The molecule has 0 amide bonds. The molecule has 4 rings (SSSR count). The van der Waals surface area contributed by atoms with E-state index in [-0.39, 0.29) is 17.5 Å². The van der Waals surface area contributed by atoms with Crippen LogP contribution in [0.2, 0.25) is 0 Å². The van der Waals surface area contributed by atoms with Crippen molar-refractivity contribution in [1.82, 2.24) is 9.97 Å². The zero-order valence-electron chi connectivity index (χ0n) is 13.3. The Bertz CT molecular complexity index is 925. The van der Waals surface area contributed by atoms with Crippen LogP contribution in [0.15, 0.2) is 60.9 Å². The van der Waals surface area contributed by atoms with E-state index in [9.17, 15) is 9.90 Å². The van der Waals surface area contributed by atoms with Crippen LogP contribution in [0.5, 0.6) is 5.75 Å². The van der Waals surface area contributed by atoms with Crippen LogP contribution in [0.1, 0.15) is 21.8 Å². The van der Waals surface area contributed by atoms with E-state index in [0.29, 0.717) is 17.9 Å². The molecule has 0 bridgehead atoms. The van der Waals surface area contributed by atoms with Gasteiger partial charge in [0.1, 0.15) is 17.4 Å². The second-order valence-corrected chi connectivity index (χ2v) is 5.85. The molecule has 3 aromatic rings. The first kappa shape index (κ1) is 15.1. The number of hydrogen-bond donors (Lipinski definition) is 3. The number of phenols is 1. The molecule has 0 spiro atoms. The Labute approximate surface area is 144 Å². The van der Waals surface area contributed by atoms with Crippen molar-refractivity contribution in [2.45, 2.75) is 5.92 Å². The van der Waals surface area contributed by atoms with Gasteiger partial charge in [0.05, 0.1) is 5.92 Å². The molecule has 6 heteroatoms. The Hall–Kier alpha value is -3.41. The van der Waals surface area contributed by atoms with Crippen molar-refractivity contribution in [3.8, 4) is 5.75 Å². The SMILES string of the molecule is O=C(c1ccc(Nc2cccc(O)c2)nc1)C1CNc2ncccc21. The number of fused-ring (bicyclic) bond motifs is 1. The number of hydrogen-bond acceptors (Lipinski definition) is 6. The second kappa shape index (κ2) is 6.24. The van der Waals surface area contributed by atoms with Crippen LogP contribution in [-0.2, 0) is 0 Å². The van der Waals surface area contributed by atoms with Crippen molar-refractivity contribution in [2.75, 3.05) is 17.2 Å². The van der Waals surface area contributed by atoms with E-state index in [1.165, 1.54) is 0 Å². The predicted molar refractivity (Wildman–Crippen MR) is 95.4 cm³/mol. The maximum absolute atomic E-state index is 12.8. The third kappa shape index (κ3) is 3.01. The monoisotopic (exact) mass is 332 g/mol. The molecule has 3 heterocycles. The summed E-state index contributed by atoms with van der Waals surface area (Å²) in [4.78, 5) is 21.3. The Balaban J connectivity index is 1.52. The summed E-state index contributed by atoms with van der Waals surface area (Å²) in [6.45, 7) is 0.550. The molecule has 0 radical (unpaired) electrons. The molecule has 0 saturated carbocycles. The topological polar surface area (TPSA) is 87.1 Å². The molecular formula is C19H16N4O2. The van der Waals surface area contributed by atoms with Gasteiger partial charge in [0.25, 0.3) is 0 Å². The van der Waals surface area contributed by atoms with Crippen LogP contribution in [-0.4, -0.2) is 27.4 Å². The minimum Gasteiger partial charge on any atom is -0.508 e. The number of anilines is 3. The van der Waals surface area contributed by atoms with E-state index < -0.39 is 0 Å². The van der Waals surface area contributed by atoms with Crippen molar-refractivity contribution >= 4 is 23.1 Å². The number of nitrogens with zero attached hydrogens (tertiary/aromatic N) is 2. The highest BCUT2D eigenvalue weighted by atomic mass is 16.3. The first-order valence-electron chi connectivity index (χ1n) is 7.96. The number of Topliss-reactive ketones (excluding diaryl/α,β-unsaturated/α-hetero) is 1. The molecule has 1 atom stereocenters. The van der Waals surface area contributed by atoms with Crippen molar-refractivity contribution < 1.29 is 9.90 Å². The fourth-order valence-electron chi connectivity index (χ4n) is 2.94. The van der Waals surface area contributed by atoms with Crippen molar-refractivity contribution in [3.05, 3.63) is 72.1 Å². The van der Waals surface area contributed by atoms with E-state index in [1.807, 2.05) is 18.2 Å². The number of carbonyl (C=O) groups excluding carboxylic acids is 1. The van der Waals surface area contributed by atoms with Gasteiger partial charge in [-0.3, -0.25) is 4.79 Å². The molecule has 0 saturated heterocycles. The average molecular weight is 332 g/mol. The summed E-state index contributed by atoms with van der Waals surface area (Å²) in [5.74, 6) is 1.34. The number of nitrogens with one attached hydrogen (secondary N) is 2. The minimum absolute atomic E-state index is 0.0238. The summed E-state index contributed by atoms with van der Waals surface area (Å²) >= 11 is 0. The molecule has 3 N–H and O–H groups in total. The van der Waals surface area contributed by atoms with E-state index in [4.69, 9.17) is 0 Å². The third-order valence-electron chi connectivity index (χ3n) is 4.17. The van der Waals surface area contributed by atoms with Gasteiger partial charge in [0, 0.05) is 41.8 Å². The van der Waals surface area contributed by atoms with Crippen LogP contribution in [0.3, 0.4) is 0 Å². The fraction of sp³-hybridized carbons (Fsp3) is 0.105. The maximum Gasteiger partial charge on any atom is 0.173 e.